The Morgan fingerprint density at radius 3 is 2.06 bits per heavy atom. The predicted octanol–water partition coefficient (Wildman–Crippen LogP) is 10.8. The Bertz CT molecular complexity index is 1180. The number of aliphatic hydroxyl groups is 2. The second kappa shape index (κ2) is 20.9. The summed E-state index contributed by atoms with van der Waals surface area (Å²) in [6.45, 7) is 13.5. The minimum absolute atomic E-state index is 0.179. The first-order valence-electron chi connectivity index (χ1n) is 23.6. The van der Waals surface area contributed by atoms with E-state index in [0.717, 1.165) is 64.5 Å². The van der Waals surface area contributed by atoms with Gasteiger partial charge in [0.1, 0.15) is 0 Å². The maximum Gasteiger partial charge on any atom is 0.222 e. The number of piperidine rings is 1. The summed E-state index contributed by atoms with van der Waals surface area (Å²) in [6, 6.07) is 0.182. The van der Waals surface area contributed by atoms with Crippen molar-refractivity contribution in [2.75, 3.05) is 13.1 Å². The zero-order valence-electron chi connectivity index (χ0n) is 35.7. The summed E-state index contributed by atoms with van der Waals surface area (Å²) in [7, 11) is 0. The molecule has 0 aromatic carbocycles. The van der Waals surface area contributed by atoms with E-state index >= 15 is 0 Å². The average Bonchev–Trinajstić information content (AvgIpc) is 3.52. The third kappa shape index (κ3) is 10.8. The number of aliphatic hydroxyl groups excluding tert-OH is 2. The molecule has 1 aliphatic heterocycles. The number of nitrogens with one attached hydrogen (secondary N) is 1. The van der Waals surface area contributed by atoms with Crippen molar-refractivity contribution >= 4 is 11.8 Å². The van der Waals surface area contributed by atoms with Gasteiger partial charge in [-0.25, -0.2) is 0 Å². The molecule has 0 spiro atoms. The van der Waals surface area contributed by atoms with E-state index < -0.39 is 0 Å². The Labute approximate surface area is 331 Å². The fraction of sp³-hybridized carbons (Fsp3) is 0.917. The third-order valence-corrected chi connectivity index (χ3v) is 16.6. The van der Waals surface area contributed by atoms with Crippen molar-refractivity contribution in [3.05, 3.63) is 12.2 Å². The summed E-state index contributed by atoms with van der Waals surface area (Å²) in [5, 5.41) is 25.7. The number of allylic oxidation sites excluding steroid dienone is 2. The molecule has 5 fully saturated rings. The standard InChI is InChI=1S/C48H84N2O4/c1-6-7-8-9-10-11-12-13-14-15-16-17-18-19-20-21-44(53)50-32-28-37(29-33-50)49-43(52)25-22-35(2)39-23-24-40-45-41(27-31-47(39,40)4)48(5)30-26-38(51)34-42(48)36(3)46(45)54/h13-14,35-42,45-46,51,54H,6-12,15-34H2,1-5H3,(H,49,52)/b14-13-/t35-,36-,38-,39?,40+,41+,42+,45+,46-,47-,48-/m1/s1. The molecule has 1 saturated heterocycles. The summed E-state index contributed by atoms with van der Waals surface area (Å²) in [5.41, 5.74) is 0.470. The zero-order valence-corrected chi connectivity index (χ0v) is 35.7. The molecule has 0 aromatic rings. The molecule has 3 N–H and O–H groups in total. The van der Waals surface area contributed by atoms with Crippen LogP contribution in [0, 0.1) is 52.3 Å². The second-order valence-electron chi connectivity index (χ2n) is 20.0. The summed E-state index contributed by atoms with van der Waals surface area (Å²) in [5.74, 6) is 3.73. The van der Waals surface area contributed by atoms with Gasteiger partial charge in [0.2, 0.25) is 11.8 Å². The van der Waals surface area contributed by atoms with Crippen molar-refractivity contribution < 1.29 is 19.8 Å². The quantitative estimate of drug-likeness (QED) is 0.0853. The number of carbonyl (C=O) groups is 2. The van der Waals surface area contributed by atoms with Crippen LogP contribution in [-0.2, 0) is 9.59 Å². The molecule has 5 aliphatic rings. The highest BCUT2D eigenvalue weighted by atomic mass is 16.3. The van der Waals surface area contributed by atoms with Crippen molar-refractivity contribution in [2.24, 2.45) is 52.3 Å². The lowest BCUT2D eigenvalue weighted by Gasteiger charge is -2.64. The minimum Gasteiger partial charge on any atom is -0.393 e. The van der Waals surface area contributed by atoms with E-state index in [1.807, 2.05) is 4.90 Å². The molecule has 5 rings (SSSR count). The first-order chi connectivity index (χ1) is 26.0. The van der Waals surface area contributed by atoms with Gasteiger partial charge >= 0.3 is 0 Å². The van der Waals surface area contributed by atoms with Gasteiger partial charge in [-0.1, -0.05) is 98.1 Å². The van der Waals surface area contributed by atoms with Gasteiger partial charge in [-0.05, 0) is 149 Å². The zero-order chi connectivity index (χ0) is 38.7. The van der Waals surface area contributed by atoms with Crippen LogP contribution in [0.3, 0.4) is 0 Å². The Balaban J connectivity index is 0.934. The van der Waals surface area contributed by atoms with E-state index in [4.69, 9.17) is 0 Å². The minimum atomic E-state index is -0.267. The lowest BCUT2D eigenvalue weighted by molar-refractivity contribution is -0.199. The molecule has 4 saturated carbocycles. The highest BCUT2D eigenvalue weighted by molar-refractivity contribution is 5.77. The SMILES string of the molecule is CCCCCCCC/C=C\CCCCCCCC(=O)N1CCC(NC(=O)CC[C@@H](C)C2CC[C@H]3[C@@H]4[C@H](O)[C@H](C)[C@@H]5C[C@H](O)CC[C@]5(C)[C@H]4CC[C@]23C)CC1. The van der Waals surface area contributed by atoms with Crippen molar-refractivity contribution in [1.29, 1.82) is 0 Å². The van der Waals surface area contributed by atoms with Gasteiger partial charge in [0, 0.05) is 32.0 Å². The fourth-order valence-electron chi connectivity index (χ4n) is 13.3. The molecule has 6 nitrogen and oxygen atoms in total. The Morgan fingerprint density at radius 2 is 1.37 bits per heavy atom. The maximum atomic E-state index is 13.2. The molecular weight excluding hydrogens is 669 g/mol. The highest BCUT2D eigenvalue weighted by Gasteiger charge is 2.64. The fourth-order valence-corrected chi connectivity index (χ4v) is 13.3. The van der Waals surface area contributed by atoms with Crippen LogP contribution in [-0.4, -0.2) is 58.3 Å². The summed E-state index contributed by atoms with van der Waals surface area (Å²) < 4.78 is 0. The van der Waals surface area contributed by atoms with Gasteiger partial charge in [0.05, 0.1) is 12.2 Å². The molecule has 54 heavy (non-hydrogen) atoms. The molecule has 1 unspecified atom stereocenters. The van der Waals surface area contributed by atoms with Crippen LogP contribution >= 0.6 is 0 Å². The molecular formula is C48H84N2O4. The number of unbranched alkanes of at least 4 members (excludes halogenated alkanes) is 11. The molecule has 0 aromatic heterocycles. The molecule has 310 valence electrons. The number of likely N-dealkylation sites (tertiary alicyclic amines) is 1. The van der Waals surface area contributed by atoms with Gasteiger partial charge in [0.25, 0.3) is 0 Å². The van der Waals surface area contributed by atoms with Crippen LogP contribution in [0.25, 0.3) is 0 Å². The van der Waals surface area contributed by atoms with E-state index in [-0.39, 0.29) is 40.9 Å². The lowest BCUT2D eigenvalue weighted by Crippen LogP contribution is -2.61. The summed E-state index contributed by atoms with van der Waals surface area (Å²) in [6.07, 6.45) is 32.5. The van der Waals surface area contributed by atoms with Crippen LogP contribution < -0.4 is 5.32 Å². The molecule has 0 bridgehead atoms. The molecule has 0 radical (unpaired) electrons. The molecule has 11 atom stereocenters. The number of amides is 2. The Hall–Kier alpha value is -1.40. The van der Waals surface area contributed by atoms with E-state index in [1.54, 1.807) is 0 Å². The number of carbonyl (C=O) groups excluding carboxylic acids is 2. The topological polar surface area (TPSA) is 89.9 Å². The van der Waals surface area contributed by atoms with E-state index in [9.17, 15) is 19.8 Å². The normalized spacial score (nSPS) is 36.1. The first-order valence-corrected chi connectivity index (χ1v) is 23.6. The molecule has 4 aliphatic carbocycles. The maximum absolute atomic E-state index is 13.2. The number of fused-ring (bicyclic) bond motifs is 5. The number of nitrogens with zero attached hydrogens (tertiary/aromatic N) is 1. The van der Waals surface area contributed by atoms with Crippen molar-refractivity contribution in [3.8, 4) is 0 Å². The van der Waals surface area contributed by atoms with Gasteiger partial charge in [0.15, 0.2) is 0 Å². The van der Waals surface area contributed by atoms with Gasteiger partial charge in [-0.2, -0.15) is 0 Å². The molecule has 2 amide bonds. The van der Waals surface area contributed by atoms with Crippen molar-refractivity contribution in [1.82, 2.24) is 10.2 Å². The van der Waals surface area contributed by atoms with Crippen molar-refractivity contribution in [3.63, 3.8) is 0 Å². The highest BCUT2D eigenvalue weighted by Crippen LogP contribution is 2.69. The number of hydrogen-bond acceptors (Lipinski definition) is 4. The second-order valence-corrected chi connectivity index (χ2v) is 20.0. The van der Waals surface area contributed by atoms with Crippen LogP contribution in [0.1, 0.15) is 195 Å². The number of rotatable bonds is 20. The van der Waals surface area contributed by atoms with Crippen LogP contribution in [0.5, 0.6) is 0 Å². The lowest BCUT2D eigenvalue weighted by atomic mass is 9.42. The average molecular weight is 753 g/mol. The van der Waals surface area contributed by atoms with Gasteiger partial charge < -0.3 is 20.4 Å². The summed E-state index contributed by atoms with van der Waals surface area (Å²) >= 11 is 0. The Kier molecular flexibility index (Phi) is 16.9. The molecule has 6 heteroatoms. The predicted molar refractivity (Wildman–Crippen MR) is 223 cm³/mol. The number of hydrogen-bond donors (Lipinski definition) is 3. The third-order valence-electron chi connectivity index (χ3n) is 16.6. The van der Waals surface area contributed by atoms with Crippen molar-refractivity contribution in [2.45, 2.75) is 213 Å². The smallest absolute Gasteiger partial charge is 0.222 e. The monoisotopic (exact) mass is 753 g/mol. The van der Waals surface area contributed by atoms with Gasteiger partial charge in [-0.3, -0.25) is 9.59 Å². The van der Waals surface area contributed by atoms with E-state index in [0.29, 0.717) is 54.3 Å². The van der Waals surface area contributed by atoms with Crippen LogP contribution in [0.15, 0.2) is 12.2 Å². The largest absolute Gasteiger partial charge is 0.393 e. The Morgan fingerprint density at radius 1 is 0.759 bits per heavy atom. The van der Waals surface area contributed by atoms with Crippen LogP contribution in [0.4, 0.5) is 0 Å². The van der Waals surface area contributed by atoms with E-state index in [2.05, 4.69) is 52.1 Å². The summed E-state index contributed by atoms with van der Waals surface area (Å²) in [4.78, 5) is 28.1. The van der Waals surface area contributed by atoms with E-state index in [1.165, 1.54) is 96.3 Å². The van der Waals surface area contributed by atoms with Crippen LogP contribution in [0.2, 0.25) is 0 Å². The van der Waals surface area contributed by atoms with Gasteiger partial charge in [-0.15, -0.1) is 0 Å². The first kappa shape index (κ1) is 43.7. The molecule has 1 heterocycles.